The van der Waals surface area contributed by atoms with E-state index in [-0.39, 0.29) is 28.4 Å². The Kier molecular flexibility index (Phi) is 8.77. The Morgan fingerprint density at radius 2 is 1.23 bits per heavy atom. The van der Waals surface area contributed by atoms with Crippen LogP contribution in [0.5, 0.6) is 23.0 Å². The molecule has 16 heteroatoms. The fourth-order valence-electron chi connectivity index (χ4n) is 4.82. The summed E-state index contributed by atoms with van der Waals surface area (Å²) in [4.78, 5) is 13.7. The summed E-state index contributed by atoms with van der Waals surface area (Å²) >= 11 is 0. The highest BCUT2D eigenvalue weighted by atomic mass is 16.7. The number of ether oxygens (including phenoxy) is 4. The molecule has 5 rings (SSSR count). The molecule has 10 atom stereocenters. The third-order valence-corrected chi connectivity index (χ3v) is 7.22. The number of fused-ring (bicyclic) bond motifs is 1. The molecule has 2 aliphatic heterocycles. The van der Waals surface area contributed by atoms with Crippen molar-refractivity contribution < 1.29 is 74.4 Å². The van der Waals surface area contributed by atoms with E-state index >= 15 is 0 Å². The zero-order chi connectivity index (χ0) is 31.2. The average molecular weight is 611 g/mol. The standard InChI is InChI=1S/C27H30O16/c28-7-14-17(32)20(35)22(37)26(41-14)39-11-5-12(31)16-13(6-11)40-24(9-1-3-10(30)4-2-9)25(19(16)34)43-27-23(38)21(36)18(33)15(8-29)42-27/h1-6,14-15,17-18,20-23,26-33,35-38H,7-8H2/t14-,15-,17-,18-,20+,21+,22-,23-,26?,27?/m1/s1. The summed E-state index contributed by atoms with van der Waals surface area (Å²) in [5.41, 5.74) is -1.11. The van der Waals surface area contributed by atoms with Gasteiger partial charge in [0, 0.05) is 17.7 Å². The van der Waals surface area contributed by atoms with Gasteiger partial charge >= 0.3 is 0 Å². The smallest absolute Gasteiger partial charge is 0.239 e. The quantitative estimate of drug-likeness (QED) is 0.130. The Morgan fingerprint density at radius 1 is 0.698 bits per heavy atom. The van der Waals surface area contributed by atoms with Crippen LogP contribution < -0.4 is 14.9 Å². The van der Waals surface area contributed by atoms with Crippen molar-refractivity contribution in [2.75, 3.05) is 13.2 Å². The molecule has 10 N–H and O–H groups in total. The SMILES string of the molecule is O=c1c(OC2O[C@H](CO)[C@@H](O)[C@H](O)[C@H]2O)c(-c2ccc(O)cc2)oc2cc(OC3O[C@H](CO)[C@@H](O)[C@H](O)[C@H]3O)cc(O)c12. The van der Waals surface area contributed by atoms with Crippen molar-refractivity contribution in [1.29, 1.82) is 0 Å². The Hall–Kier alpha value is -3.55. The van der Waals surface area contributed by atoms with Crippen molar-refractivity contribution in [3.63, 3.8) is 0 Å². The fraction of sp³-hybridized carbons (Fsp3) is 0.444. The van der Waals surface area contributed by atoms with Crippen LogP contribution in [0.1, 0.15) is 0 Å². The van der Waals surface area contributed by atoms with Gasteiger partial charge in [0.15, 0.2) is 5.76 Å². The van der Waals surface area contributed by atoms with Gasteiger partial charge in [-0.15, -0.1) is 0 Å². The van der Waals surface area contributed by atoms with Crippen LogP contribution >= 0.6 is 0 Å². The van der Waals surface area contributed by atoms with Crippen molar-refractivity contribution in [1.82, 2.24) is 0 Å². The second-order valence-corrected chi connectivity index (χ2v) is 10.1. The van der Waals surface area contributed by atoms with Crippen LogP contribution in [0.25, 0.3) is 22.3 Å². The highest BCUT2D eigenvalue weighted by Crippen LogP contribution is 2.38. The van der Waals surface area contributed by atoms with Gasteiger partial charge in [-0.1, -0.05) is 0 Å². The molecule has 3 aromatic rings. The Labute approximate surface area is 241 Å². The van der Waals surface area contributed by atoms with Crippen molar-refractivity contribution in [2.24, 2.45) is 0 Å². The number of phenolic OH excluding ortho intramolecular Hbond substituents is 2. The second-order valence-electron chi connectivity index (χ2n) is 10.1. The van der Waals surface area contributed by atoms with Gasteiger partial charge in [0.2, 0.25) is 23.8 Å². The first-order valence-electron chi connectivity index (χ1n) is 13.0. The Bertz CT molecular complexity index is 1490. The van der Waals surface area contributed by atoms with Crippen molar-refractivity contribution in [3.05, 3.63) is 46.6 Å². The molecule has 2 saturated heterocycles. The molecule has 3 heterocycles. The van der Waals surface area contributed by atoms with E-state index in [2.05, 4.69) is 0 Å². The minimum atomic E-state index is -1.89. The van der Waals surface area contributed by atoms with E-state index in [1.807, 2.05) is 0 Å². The number of phenols is 2. The second kappa shape index (κ2) is 12.2. The lowest BCUT2D eigenvalue weighted by molar-refractivity contribution is -0.277. The van der Waals surface area contributed by atoms with Crippen LogP contribution in [-0.4, -0.2) is 126 Å². The monoisotopic (exact) mass is 610 g/mol. The van der Waals surface area contributed by atoms with E-state index in [1.54, 1.807) is 0 Å². The summed E-state index contributed by atoms with van der Waals surface area (Å²) in [6, 6.07) is 7.35. The van der Waals surface area contributed by atoms with Crippen molar-refractivity contribution in [2.45, 2.75) is 61.4 Å². The molecule has 2 aliphatic rings. The fourth-order valence-corrected chi connectivity index (χ4v) is 4.82. The van der Waals surface area contributed by atoms with Crippen LogP contribution in [0.4, 0.5) is 0 Å². The zero-order valence-electron chi connectivity index (χ0n) is 22.1. The number of benzene rings is 2. The first-order chi connectivity index (χ1) is 20.4. The molecule has 0 bridgehead atoms. The van der Waals surface area contributed by atoms with E-state index in [0.29, 0.717) is 0 Å². The maximum atomic E-state index is 13.7. The predicted molar refractivity (Wildman–Crippen MR) is 140 cm³/mol. The molecule has 0 spiro atoms. The van der Waals surface area contributed by atoms with E-state index in [0.717, 1.165) is 12.1 Å². The van der Waals surface area contributed by atoms with Crippen molar-refractivity contribution in [3.8, 4) is 34.3 Å². The molecule has 43 heavy (non-hydrogen) atoms. The van der Waals surface area contributed by atoms with Gasteiger partial charge in [0.05, 0.1) is 13.2 Å². The molecule has 1 aromatic heterocycles. The van der Waals surface area contributed by atoms with Gasteiger partial charge in [0.1, 0.15) is 77.0 Å². The van der Waals surface area contributed by atoms with Crippen LogP contribution in [0.15, 0.2) is 45.6 Å². The topological polar surface area (TPSA) is 269 Å². The first-order valence-corrected chi connectivity index (χ1v) is 13.0. The number of rotatable bonds is 7. The van der Waals surface area contributed by atoms with Crippen molar-refractivity contribution >= 4 is 11.0 Å². The molecular formula is C27H30O16. The molecule has 0 saturated carbocycles. The lowest BCUT2D eigenvalue weighted by atomic mass is 9.99. The molecule has 16 nitrogen and oxygen atoms in total. The molecule has 0 aliphatic carbocycles. The first kappa shape index (κ1) is 30.9. The number of hydrogen-bond donors (Lipinski definition) is 10. The van der Waals surface area contributed by atoms with E-state index in [1.165, 1.54) is 24.3 Å². The number of hydrogen-bond acceptors (Lipinski definition) is 16. The Morgan fingerprint density at radius 3 is 1.77 bits per heavy atom. The molecular weight excluding hydrogens is 580 g/mol. The summed E-state index contributed by atoms with van der Waals surface area (Å²) in [7, 11) is 0. The lowest BCUT2D eigenvalue weighted by Gasteiger charge is -2.39. The number of aliphatic hydroxyl groups is 8. The van der Waals surface area contributed by atoms with Gasteiger partial charge < -0.3 is 74.4 Å². The molecule has 0 radical (unpaired) electrons. The predicted octanol–water partition coefficient (Wildman–Crippen LogP) is -2.77. The van der Waals surface area contributed by atoms with Gasteiger partial charge in [0.25, 0.3) is 0 Å². The third-order valence-electron chi connectivity index (χ3n) is 7.22. The third kappa shape index (κ3) is 5.73. The molecule has 234 valence electrons. The number of aliphatic hydroxyl groups excluding tert-OH is 8. The van der Waals surface area contributed by atoms with Crippen LogP contribution in [0, 0.1) is 0 Å². The average Bonchev–Trinajstić information content (AvgIpc) is 2.98. The lowest BCUT2D eigenvalue weighted by Crippen LogP contribution is -2.60. The largest absolute Gasteiger partial charge is 0.508 e. The molecule has 0 amide bonds. The minimum Gasteiger partial charge on any atom is -0.508 e. The van der Waals surface area contributed by atoms with Crippen LogP contribution in [0.3, 0.4) is 0 Å². The molecule has 2 aromatic carbocycles. The maximum absolute atomic E-state index is 13.7. The van der Waals surface area contributed by atoms with E-state index < -0.39 is 96.9 Å². The highest BCUT2D eigenvalue weighted by Gasteiger charge is 2.46. The summed E-state index contributed by atoms with van der Waals surface area (Å²) < 4.78 is 27.8. The summed E-state index contributed by atoms with van der Waals surface area (Å²) in [5, 5.41) is 100. The van der Waals surface area contributed by atoms with E-state index in [4.69, 9.17) is 23.4 Å². The molecule has 2 unspecified atom stereocenters. The number of aromatic hydroxyl groups is 2. The summed E-state index contributed by atoms with van der Waals surface area (Å²) in [6.45, 7) is -1.48. The zero-order valence-corrected chi connectivity index (χ0v) is 22.1. The highest BCUT2D eigenvalue weighted by molar-refractivity contribution is 5.88. The van der Waals surface area contributed by atoms with E-state index in [9.17, 15) is 55.9 Å². The van der Waals surface area contributed by atoms with Gasteiger partial charge in [-0.2, -0.15) is 0 Å². The minimum absolute atomic E-state index is 0.129. The van der Waals surface area contributed by atoms with Crippen LogP contribution in [-0.2, 0) is 9.47 Å². The van der Waals surface area contributed by atoms with Gasteiger partial charge in [-0.3, -0.25) is 4.79 Å². The summed E-state index contributed by atoms with van der Waals surface area (Å²) in [5.74, 6) is -1.96. The van der Waals surface area contributed by atoms with Crippen LogP contribution in [0.2, 0.25) is 0 Å². The Balaban J connectivity index is 1.58. The molecule has 2 fully saturated rings. The van der Waals surface area contributed by atoms with Gasteiger partial charge in [-0.05, 0) is 24.3 Å². The summed E-state index contributed by atoms with van der Waals surface area (Å²) in [6.07, 6.45) is -16.6. The van der Waals surface area contributed by atoms with Gasteiger partial charge in [-0.25, -0.2) is 0 Å². The maximum Gasteiger partial charge on any atom is 0.239 e. The normalized spacial score (nSPS) is 32.9.